The van der Waals surface area contributed by atoms with Gasteiger partial charge >= 0.3 is 0 Å². The predicted molar refractivity (Wildman–Crippen MR) is 97.0 cm³/mol. The van der Waals surface area contributed by atoms with Crippen molar-refractivity contribution in [2.24, 2.45) is 0 Å². The van der Waals surface area contributed by atoms with Gasteiger partial charge in [0, 0.05) is 13.0 Å². The summed E-state index contributed by atoms with van der Waals surface area (Å²) in [7, 11) is -3.46. The van der Waals surface area contributed by atoms with Gasteiger partial charge in [-0.25, -0.2) is 18.1 Å². The van der Waals surface area contributed by atoms with Gasteiger partial charge in [0.2, 0.25) is 10.0 Å². The SMILES string of the molecule is O=S(=O)(NCCc1nc2ccccc2s1)c1ccc2c(c1)CCC2. The molecule has 0 unspecified atom stereocenters. The topological polar surface area (TPSA) is 59.1 Å². The van der Waals surface area contributed by atoms with Crippen LogP contribution in [0.2, 0.25) is 0 Å². The first-order valence-electron chi connectivity index (χ1n) is 8.08. The molecule has 0 fully saturated rings. The Labute approximate surface area is 145 Å². The van der Waals surface area contributed by atoms with Crippen LogP contribution < -0.4 is 4.72 Å². The van der Waals surface area contributed by atoms with Crippen LogP contribution in [0.15, 0.2) is 47.4 Å². The van der Waals surface area contributed by atoms with Crippen LogP contribution >= 0.6 is 11.3 Å². The van der Waals surface area contributed by atoms with E-state index in [0.29, 0.717) is 17.9 Å². The molecule has 0 radical (unpaired) electrons. The number of fused-ring (bicyclic) bond motifs is 2. The van der Waals surface area contributed by atoms with Gasteiger partial charge in [0.05, 0.1) is 20.1 Å². The van der Waals surface area contributed by atoms with Crippen molar-refractivity contribution in [1.82, 2.24) is 9.71 Å². The smallest absolute Gasteiger partial charge is 0.240 e. The monoisotopic (exact) mass is 358 g/mol. The number of aromatic nitrogens is 1. The maximum atomic E-state index is 12.5. The number of aryl methyl sites for hydroxylation is 2. The van der Waals surface area contributed by atoms with Crippen LogP contribution in [0.1, 0.15) is 22.6 Å². The molecule has 1 N–H and O–H groups in total. The Morgan fingerprint density at radius 3 is 2.79 bits per heavy atom. The fourth-order valence-corrected chi connectivity index (χ4v) is 5.17. The Kier molecular flexibility index (Phi) is 4.12. The van der Waals surface area contributed by atoms with Crippen molar-refractivity contribution < 1.29 is 8.42 Å². The predicted octanol–water partition coefficient (Wildman–Crippen LogP) is 3.31. The summed E-state index contributed by atoms with van der Waals surface area (Å²) in [6, 6.07) is 13.4. The van der Waals surface area contributed by atoms with Crippen LogP contribution in [0.3, 0.4) is 0 Å². The number of hydrogen-bond acceptors (Lipinski definition) is 4. The molecule has 0 saturated carbocycles. The zero-order valence-corrected chi connectivity index (χ0v) is 14.8. The zero-order chi connectivity index (χ0) is 16.6. The van der Waals surface area contributed by atoms with E-state index in [0.717, 1.165) is 34.5 Å². The van der Waals surface area contributed by atoms with E-state index in [9.17, 15) is 8.42 Å². The van der Waals surface area contributed by atoms with E-state index in [1.54, 1.807) is 17.4 Å². The highest BCUT2D eigenvalue weighted by molar-refractivity contribution is 7.89. The number of hydrogen-bond donors (Lipinski definition) is 1. The quantitative estimate of drug-likeness (QED) is 0.761. The van der Waals surface area contributed by atoms with Gasteiger partial charge in [-0.3, -0.25) is 0 Å². The lowest BCUT2D eigenvalue weighted by Gasteiger charge is -2.08. The van der Waals surface area contributed by atoms with Crippen LogP contribution in [0.25, 0.3) is 10.2 Å². The number of thiazole rings is 1. The summed E-state index contributed by atoms with van der Waals surface area (Å²) in [6.07, 6.45) is 3.75. The normalized spacial score (nSPS) is 14.2. The van der Waals surface area contributed by atoms with Gasteiger partial charge in [-0.1, -0.05) is 18.2 Å². The van der Waals surface area contributed by atoms with E-state index in [2.05, 4.69) is 9.71 Å². The van der Waals surface area contributed by atoms with E-state index in [1.807, 2.05) is 36.4 Å². The molecule has 0 bridgehead atoms. The summed E-state index contributed by atoms with van der Waals surface area (Å²) in [5.74, 6) is 0. The fourth-order valence-electron chi connectivity index (χ4n) is 3.12. The lowest BCUT2D eigenvalue weighted by Crippen LogP contribution is -2.26. The van der Waals surface area contributed by atoms with E-state index < -0.39 is 10.0 Å². The summed E-state index contributed by atoms with van der Waals surface area (Å²) < 4.78 is 28.8. The van der Waals surface area contributed by atoms with Gasteiger partial charge in [0.25, 0.3) is 0 Å². The summed E-state index contributed by atoms with van der Waals surface area (Å²) in [4.78, 5) is 4.90. The number of para-hydroxylation sites is 1. The van der Waals surface area contributed by atoms with Crippen molar-refractivity contribution in [3.8, 4) is 0 Å². The third-order valence-electron chi connectivity index (χ3n) is 4.35. The standard InChI is InChI=1S/C18H18N2O2S2/c21-24(22,15-9-8-13-4-3-5-14(13)12-15)19-11-10-18-20-16-6-1-2-7-17(16)23-18/h1-2,6-9,12,19H,3-5,10-11H2. The van der Waals surface area contributed by atoms with E-state index in [-0.39, 0.29) is 0 Å². The van der Waals surface area contributed by atoms with Crippen LogP contribution in [-0.4, -0.2) is 19.9 Å². The number of benzene rings is 2. The Balaban J connectivity index is 1.44. The summed E-state index contributed by atoms with van der Waals surface area (Å²) in [5.41, 5.74) is 3.42. The summed E-state index contributed by atoms with van der Waals surface area (Å²) in [5, 5.41) is 0.952. The van der Waals surface area contributed by atoms with Crippen molar-refractivity contribution in [3.05, 3.63) is 58.6 Å². The first kappa shape index (κ1) is 15.7. The highest BCUT2D eigenvalue weighted by atomic mass is 32.2. The molecule has 1 heterocycles. The molecule has 2 aromatic carbocycles. The molecule has 24 heavy (non-hydrogen) atoms. The number of rotatable bonds is 5. The molecule has 0 saturated heterocycles. The Bertz CT molecular complexity index is 960. The first-order chi connectivity index (χ1) is 11.6. The minimum atomic E-state index is -3.46. The molecule has 0 amide bonds. The molecule has 0 spiro atoms. The van der Waals surface area contributed by atoms with E-state index in [1.165, 1.54) is 11.1 Å². The van der Waals surface area contributed by atoms with E-state index >= 15 is 0 Å². The minimum absolute atomic E-state index is 0.360. The lowest BCUT2D eigenvalue weighted by atomic mass is 10.1. The molecule has 6 heteroatoms. The minimum Gasteiger partial charge on any atom is -0.241 e. The van der Waals surface area contributed by atoms with Crippen molar-refractivity contribution in [1.29, 1.82) is 0 Å². The van der Waals surface area contributed by atoms with Gasteiger partial charge in [0.1, 0.15) is 0 Å². The maximum absolute atomic E-state index is 12.5. The molecule has 1 aliphatic carbocycles. The first-order valence-corrected chi connectivity index (χ1v) is 10.4. The van der Waals surface area contributed by atoms with Crippen molar-refractivity contribution in [2.75, 3.05) is 6.54 Å². The van der Waals surface area contributed by atoms with Gasteiger partial charge in [-0.05, 0) is 54.7 Å². The van der Waals surface area contributed by atoms with Crippen molar-refractivity contribution >= 4 is 31.6 Å². The molecule has 1 aromatic heterocycles. The molecule has 4 nitrogen and oxygen atoms in total. The fraction of sp³-hybridized carbons (Fsp3) is 0.278. The zero-order valence-electron chi connectivity index (χ0n) is 13.2. The summed E-state index contributed by atoms with van der Waals surface area (Å²) >= 11 is 1.61. The second-order valence-electron chi connectivity index (χ2n) is 6.01. The number of nitrogens with zero attached hydrogens (tertiary/aromatic N) is 1. The highest BCUT2D eigenvalue weighted by Gasteiger charge is 2.18. The number of nitrogens with one attached hydrogen (secondary N) is 1. The Morgan fingerprint density at radius 2 is 1.92 bits per heavy atom. The highest BCUT2D eigenvalue weighted by Crippen LogP contribution is 2.25. The van der Waals surface area contributed by atoms with E-state index in [4.69, 9.17) is 0 Å². The van der Waals surface area contributed by atoms with Crippen LogP contribution in [0.4, 0.5) is 0 Å². The van der Waals surface area contributed by atoms with Gasteiger partial charge in [-0.15, -0.1) is 11.3 Å². The second-order valence-corrected chi connectivity index (χ2v) is 8.89. The maximum Gasteiger partial charge on any atom is 0.240 e. The molecule has 1 aliphatic rings. The second kappa shape index (κ2) is 6.27. The van der Waals surface area contributed by atoms with Gasteiger partial charge in [0.15, 0.2) is 0 Å². The Morgan fingerprint density at radius 1 is 1.08 bits per heavy atom. The molecular formula is C18H18N2O2S2. The van der Waals surface area contributed by atoms with Gasteiger partial charge in [-0.2, -0.15) is 0 Å². The molecular weight excluding hydrogens is 340 g/mol. The average molecular weight is 358 g/mol. The lowest BCUT2D eigenvalue weighted by molar-refractivity contribution is 0.581. The van der Waals surface area contributed by atoms with Crippen LogP contribution in [0.5, 0.6) is 0 Å². The largest absolute Gasteiger partial charge is 0.241 e. The molecule has 0 aliphatic heterocycles. The van der Waals surface area contributed by atoms with Crippen molar-refractivity contribution in [2.45, 2.75) is 30.6 Å². The van der Waals surface area contributed by atoms with Crippen LogP contribution in [-0.2, 0) is 29.3 Å². The van der Waals surface area contributed by atoms with Gasteiger partial charge < -0.3 is 0 Å². The third kappa shape index (κ3) is 3.09. The Hall–Kier alpha value is -1.76. The molecule has 4 rings (SSSR count). The number of sulfonamides is 1. The molecule has 124 valence electrons. The third-order valence-corrected chi connectivity index (χ3v) is 6.90. The molecule has 0 atom stereocenters. The van der Waals surface area contributed by atoms with Crippen molar-refractivity contribution in [3.63, 3.8) is 0 Å². The average Bonchev–Trinajstić information content (AvgIpc) is 3.19. The van der Waals surface area contributed by atoms with Crippen LogP contribution in [0, 0.1) is 0 Å². The molecule has 3 aromatic rings. The summed E-state index contributed by atoms with van der Waals surface area (Å²) in [6.45, 7) is 0.360.